The molecule has 3 heterocycles. The van der Waals surface area contributed by atoms with Crippen molar-refractivity contribution in [2.75, 3.05) is 62.9 Å². The number of rotatable bonds is 1. The number of hydrogen-bond donors (Lipinski definition) is 2. The molecule has 1 aromatic heterocycles. The molecule has 0 amide bonds. The van der Waals surface area contributed by atoms with Gasteiger partial charge in [0.05, 0.1) is 31.9 Å². The zero-order chi connectivity index (χ0) is 18.8. The monoisotopic (exact) mass is 380 g/mol. The highest BCUT2D eigenvalue weighted by molar-refractivity contribution is 5.95. The van der Waals surface area contributed by atoms with Crippen LogP contribution in [0, 0.1) is 0 Å². The van der Waals surface area contributed by atoms with Crippen LogP contribution in [0.4, 0.5) is 11.4 Å². The minimum absolute atomic E-state index is 0.521. The number of hydrogen-bond acceptors (Lipinski definition) is 6. The number of ether oxygens (including phenoxy) is 3. The van der Waals surface area contributed by atoms with Crippen LogP contribution in [0.5, 0.6) is 5.75 Å². The number of anilines is 2. The lowest BCUT2D eigenvalue weighted by Gasteiger charge is -2.29. The van der Waals surface area contributed by atoms with Gasteiger partial charge >= 0.3 is 0 Å². The maximum absolute atomic E-state index is 6.01. The van der Waals surface area contributed by atoms with E-state index in [1.165, 1.54) is 0 Å². The number of morpholine rings is 1. The maximum atomic E-state index is 6.01. The molecule has 5 rings (SSSR count). The van der Waals surface area contributed by atoms with Gasteiger partial charge in [-0.1, -0.05) is 0 Å². The average molecular weight is 380 g/mol. The summed E-state index contributed by atoms with van der Waals surface area (Å²) < 4.78 is 17.2. The Morgan fingerprint density at radius 2 is 1.79 bits per heavy atom. The Balaban J connectivity index is 1.61. The van der Waals surface area contributed by atoms with Crippen LogP contribution in [0.15, 0.2) is 36.4 Å². The van der Waals surface area contributed by atoms with E-state index >= 15 is 0 Å². The summed E-state index contributed by atoms with van der Waals surface area (Å²) in [5.74, 6) is 0.838. The highest BCUT2D eigenvalue weighted by Gasteiger charge is 2.17. The molecule has 0 atom stereocenters. The molecule has 2 aliphatic heterocycles. The van der Waals surface area contributed by atoms with E-state index in [0.29, 0.717) is 19.8 Å². The number of H-pyrrole nitrogens is 1. The molecule has 146 valence electrons. The van der Waals surface area contributed by atoms with Crippen molar-refractivity contribution in [3.63, 3.8) is 0 Å². The van der Waals surface area contributed by atoms with E-state index in [-0.39, 0.29) is 0 Å². The van der Waals surface area contributed by atoms with E-state index in [0.717, 1.165) is 72.1 Å². The Morgan fingerprint density at radius 1 is 0.893 bits per heavy atom. The molecular formula is C21H24N4O3. The second-order valence-corrected chi connectivity index (χ2v) is 7.04. The van der Waals surface area contributed by atoms with Gasteiger partial charge in [-0.15, -0.1) is 0 Å². The number of aromatic amines is 1. The Morgan fingerprint density at radius 3 is 2.71 bits per heavy atom. The average Bonchev–Trinajstić information content (AvgIpc) is 3.16. The minimum Gasteiger partial charge on any atom is -0.491 e. The third-order valence-corrected chi connectivity index (χ3v) is 5.18. The van der Waals surface area contributed by atoms with E-state index in [9.17, 15) is 0 Å². The van der Waals surface area contributed by atoms with Crippen LogP contribution >= 0.6 is 0 Å². The normalized spacial score (nSPS) is 17.8. The lowest BCUT2D eigenvalue weighted by Crippen LogP contribution is -2.36. The standard InChI is InChI=1S/C21H24N4O3/c1-2-20-19-13-16(1)22-3-6-26-9-10-28-18-12-15(21(19)24-23-20)11-17(14-18)25-4-7-27-8-5-25/h1-2,11-14,22H,3-10H2,(H,23,24). The molecule has 1 saturated heterocycles. The third-order valence-electron chi connectivity index (χ3n) is 5.18. The van der Waals surface area contributed by atoms with Crippen molar-refractivity contribution in [3.8, 4) is 17.0 Å². The Kier molecular flexibility index (Phi) is 4.76. The van der Waals surface area contributed by atoms with Crippen molar-refractivity contribution in [2.24, 2.45) is 0 Å². The van der Waals surface area contributed by atoms with E-state index in [1.807, 2.05) is 0 Å². The lowest BCUT2D eigenvalue weighted by atomic mass is 10.1. The first-order chi connectivity index (χ1) is 13.9. The number of benzene rings is 2. The maximum Gasteiger partial charge on any atom is 0.122 e. The zero-order valence-electron chi connectivity index (χ0n) is 15.7. The first-order valence-electron chi connectivity index (χ1n) is 9.77. The van der Waals surface area contributed by atoms with Crippen LogP contribution in [0.2, 0.25) is 0 Å². The fraction of sp³-hybridized carbons (Fsp3) is 0.381. The zero-order valence-corrected chi connectivity index (χ0v) is 15.7. The Labute approximate surface area is 163 Å². The number of aromatic nitrogens is 2. The van der Waals surface area contributed by atoms with E-state index < -0.39 is 0 Å². The summed E-state index contributed by atoms with van der Waals surface area (Å²) in [6.07, 6.45) is 0. The summed E-state index contributed by atoms with van der Waals surface area (Å²) in [6, 6.07) is 12.6. The highest BCUT2D eigenvalue weighted by atomic mass is 16.5. The molecule has 0 aliphatic carbocycles. The summed E-state index contributed by atoms with van der Waals surface area (Å²) in [5.41, 5.74) is 5.20. The molecule has 7 heteroatoms. The molecule has 0 radical (unpaired) electrons. The van der Waals surface area contributed by atoms with E-state index in [1.54, 1.807) is 0 Å². The lowest BCUT2D eigenvalue weighted by molar-refractivity contribution is 0.107. The van der Waals surface area contributed by atoms with Gasteiger partial charge in [0.15, 0.2) is 0 Å². The largest absolute Gasteiger partial charge is 0.491 e. The number of nitrogens with one attached hydrogen (secondary N) is 2. The van der Waals surface area contributed by atoms with Gasteiger partial charge in [0, 0.05) is 48.0 Å². The van der Waals surface area contributed by atoms with Crippen LogP contribution in [0.1, 0.15) is 0 Å². The molecule has 0 unspecified atom stereocenters. The van der Waals surface area contributed by atoms with Gasteiger partial charge in [0.1, 0.15) is 18.1 Å². The van der Waals surface area contributed by atoms with Crippen LogP contribution in [0.3, 0.4) is 0 Å². The smallest absolute Gasteiger partial charge is 0.122 e. The molecule has 2 N–H and O–H groups in total. The van der Waals surface area contributed by atoms with Crippen LogP contribution < -0.4 is 15.0 Å². The molecule has 4 bridgehead atoms. The highest BCUT2D eigenvalue weighted by Crippen LogP contribution is 2.34. The van der Waals surface area contributed by atoms with Crippen molar-refractivity contribution >= 4 is 22.3 Å². The summed E-state index contributed by atoms with van der Waals surface area (Å²) >= 11 is 0. The second kappa shape index (κ2) is 7.69. The summed E-state index contributed by atoms with van der Waals surface area (Å²) in [5, 5.41) is 12.3. The SMILES string of the molecule is c1cc2[nH]nc3c2cc1NCCOCCOc1cc-3cc(N2CCOCC2)c1. The minimum atomic E-state index is 0.521. The predicted molar refractivity (Wildman–Crippen MR) is 109 cm³/mol. The predicted octanol–water partition coefficient (Wildman–Crippen LogP) is 2.89. The van der Waals surface area contributed by atoms with Gasteiger partial charge in [-0.05, 0) is 30.3 Å². The number of nitrogens with zero attached hydrogens (tertiary/aromatic N) is 2. The van der Waals surface area contributed by atoms with Crippen LogP contribution in [-0.2, 0) is 9.47 Å². The molecule has 1 fully saturated rings. The Hall–Kier alpha value is -2.77. The van der Waals surface area contributed by atoms with Crippen LogP contribution in [-0.4, -0.2) is 62.9 Å². The first kappa shape index (κ1) is 17.3. The molecule has 7 nitrogen and oxygen atoms in total. The second-order valence-electron chi connectivity index (χ2n) is 7.04. The summed E-state index contributed by atoms with van der Waals surface area (Å²) in [4.78, 5) is 2.33. The first-order valence-corrected chi connectivity index (χ1v) is 9.77. The van der Waals surface area contributed by atoms with Gasteiger partial charge < -0.3 is 24.4 Å². The van der Waals surface area contributed by atoms with Gasteiger partial charge in [-0.2, -0.15) is 5.10 Å². The van der Waals surface area contributed by atoms with Crippen molar-refractivity contribution in [1.82, 2.24) is 10.2 Å². The van der Waals surface area contributed by atoms with Crippen molar-refractivity contribution < 1.29 is 14.2 Å². The molecule has 2 aliphatic rings. The van der Waals surface area contributed by atoms with Gasteiger partial charge in [-0.3, -0.25) is 5.10 Å². The number of fused-ring (bicyclic) bond motifs is 4. The third kappa shape index (κ3) is 3.50. The topological polar surface area (TPSA) is 71.6 Å². The van der Waals surface area contributed by atoms with E-state index in [4.69, 9.17) is 14.2 Å². The van der Waals surface area contributed by atoms with Crippen LogP contribution in [0.25, 0.3) is 22.2 Å². The molecular weight excluding hydrogens is 356 g/mol. The van der Waals surface area contributed by atoms with Crippen molar-refractivity contribution in [2.45, 2.75) is 0 Å². The summed E-state index contributed by atoms with van der Waals surface area (Å²) in [7, 11) is 0. The molecule has 28 heavy (non-hydrogen) atoms. The molecule has 2 aromatic carbocycles. The summed E-state index contributed by atoms with van der Waals surface area (Å²) in [6.45, 7) is 5.72. The van der Waals surface area contributed by atoms with Crippen molar-refractivity contribution in [1.29, 1.82) is 0 Å². The van der Waals surface area contributed by atoms with Gasteiger partial charge in [0.25, 0.3) is 0 Å². The van der Waals surface area contributed by atoms with E-state index in [2.05, 4.69) is 56.8 Å². The fourth-order valence-electron chi connectivity index (χ4n) is 3.74. The Bertz CT molecular complexity index is 965. The fourth-order valence-corrected chi connectivity index (χ4v) is 3.74. The molecule has 0 saturated carbocycles. The molecule has 3 aromatic rings. The van der Waals surface area contributed by atoms with Gasteiger partial charge in [-0.25, -0.2) is 0 Å². The van der Waals surface area contributed by atoms with Crippen molar-refractivity contribution in [3.05, 3.63) is 36.4 Å². The quantitative estimate of drug-likeness (QED) is 0.676. The van der Waals surface area contributed by atoms with Gasteiger partial charge in [0.2, 0.25) is 0 Å². The molecule has 0 spiro atoms.